The highest BCUT2D eigenvalue weighted by Gasteiger charge is 2.44. The van der Waals surface area contributed by atoms with Gasteiger partial charge in [0, 0.05) is 12.2 Å². The first-order chi connectivity index (χ1) is 12.1. The van der Waals surface area contributed by atoms with E-state index in [9.17, 15) is 19.2 Å². The van der Waals surface area contributed by atoms with Crippen LogP contribution in [0, 0.1) is 13.8 Å². The molecule has 140 valence electrons. The molecule has 8 heteroatoms. The summed E-state index contributed by atoms with van der Waals surface area (Å²) in [6, 6.07) is 4.98. The van der Waals surface area contributed by atoms with E-state index in [1.807, 2.05) is 26.0 Å². The Labute approximate surface area is 151 Å². The maximum Gasteiger partial charge on any atom is 0.325 e. The zero-order valence-corrected chi connectivity index (χ0v) is 15.3. The highest BCUT2D eigenvalue weighted by Crippen LogP contribution is 2.18. The topological polar surface area (TPSA) is 105 Å². The number of anilines is 1. The molecule has 0 radical (unpaired) electrons. The molecule has 1 aromatic carbocycles. The molecule has 1 aliphatic heterocycles. The lowest BCUT2D eigenvalue weighted by Crippen LogP contribution is -2.40. The fourth-order valence-electron chi connectivity index (χ4n) is 2.52. The van der Waals surface area contributed by atoms with Crippen LogP contribution in [0.4, 0.5) is 10.5 Å². The van der Waals surface area contributed by atoms with E-state index in [0.29, 0.717) is 5.69 Å². The summed E-state index contributed by atoms with van der Waals surface area (Å²) in [5.74, 6) is -1.52. The Morgan fingerprint density at radius 1 is 1.23 bits per heavy atom. The van der Waals surface area contributed by atoms with Crippen molar-refractivity contribution in [3.8, 4) is 0 Å². The van der Waals surface area contributed by atoms with Crippen LogP contribution in [0.5, 0.6) is 0 Å². The molecule has 1 fully saturated rings. The van der Waals surface area contributed by atoms with E-state index in [1.165, 1.54) is 0 Å². The molecular weight excluding hydrogens is 338 g/mol. The molecule has 2 rings (SSSR count). The lowest BCUT2D eigenvalue weighted by Gasteiger charge is -2.15. The Bertz CT molecular complexity index is 757. The van der Waals surface area contributed by atoms with Crippen molar-refractivity contribution in [3.63, 3.8) is 0 Å². The number of rotatable bonds is 6. The van der Waals surface area contributed by atoms with Gasteiger partial charge in [0.15, 0.2) is 6.61 Å². The number of esters is 1. The summed E-state index contributed by atoms with van der Waals surface area (Å²) in [7, 11) is 0. The first kappa shape index (κ1) is 19.4. The second-order valence-electron chi connectivity index (χ2n) is 6.72. The molecule has 0 spiro atoms. The highest BCUT2D eigenvalue weighted by atomic mass is 16.5. The number of hydrogen-bond acceptors (Lipinski definition) is 5. The second-order valence-corrected chi connectivity index (χ2v) is 6.72. The predicted molar refractivity (Wildman–Crippen MR) is 94.4 cm³/mol. The van der Waals surface area contributed by atoms with E-state index in [0.717, 1.165) is 16.0 Å². The molecule has 0 unspecified atom stereocenters. The van der Waals surface area contributed by atoms with Gasteiger partial charge in [0.1, 0.15) is 5.54 Å². The van der Waals surface area contributed by atoms with Gasteiger partial charge in [-0.1, -0.05) is 12.1 Å². The summed E-state index contributed by atoms with van der Waals surface area (Å²) in [5, 5.41) is 5.21. The molecule has 0 atom stereocenters. The van der Waals surface area contributed by atoms with Crippen LogP contribution in [0.25, 0.3) is 0 Å². The van der Waals surface area contributed by atoms with Gasteiger partial charge in [-0.3, -0.25) is 19.3 Å². The number of urea groups is 1. The van der Waals surface area contributed by atoms with Crippen molar-refractivity contribution in [1.29, 1.82) is 0 Å². The van der Waals surface area contributed by atoms with Gasteiger partial charge in [-0.05, 0) is 44.9 Å². The maximum atomic E-state index is 12.0. The smallest absolute Gasteiger partial charge is 0.325 e. The van der Waals surface area contributed by atoms with Crippen molar-refractivity contribution < 1.29 is 23.9 Å². The quantitative estimate of drug-likeness (QED) is 0.590. The summed E-state index contributed by atoms with van der Waals surface area (Å²) < 4.78 is 4.91. The minimum atomic E-state index is -0.980. The number of aryl methyl sites for hydroxylation is 1. The standard InChI is InChI=1S/C18H23N3O5/c1-11-6-5-7-13(12(11)2)19-14(22)10-26-15(23)8-9-21-16(24)18(3,4)20-17(21)25/h5-7H,8-10H2,1-4H3,(H,19,22)(H,20,25). The minimum Gasteiger partial charge on any atom is -0.456 e. The number of imide groups is 1. The first-order valence-electron chi connectivity index (χ1n) is 8.27. The van der Waals surface area contributed by atoms with Gasteiger partial charge in [0.2, 0.25) is 0 Å². The number of carbonyl (C=O) groups excluding carboxylic acids is 4. The van der Waals surface area contributed by atoms with Gasteiger partial charge in [0.05, 0.1) is 6.42 Å². The fourth-order valence-corrected chi connectivity index (χ4v) is 2.52. The molecule has 0 aromatic heterocycles. The van der Waals surface area contributed by atoms with Crippen LogP contribution in [-0.4, -0.2) is 47.4 Å². The number of carbonyl (C=O) groups is 4. The van der Waals surface area contributed by atoms with Crippen LogP contribution in [0.15, 0.2) is 18.2 Å². The van der Waals surface area contributed by atoms with Crippen LogP contribution in [0.2, 0.25) is 0 Å². The van der Waals surface area contributed by atoms with Gasteiger partial charge in [-0.2, -0.15) is 0 Å². The molecule has 0 bridgehead atoms. The Morgan fingerprint density at radius 3 is 2.54 bits per heavy atom. The van der Waals surface area contributed by atoms with Crippen molar-refractivity contribution in [2.75, 3.05) is 18.5 Å². The zero-order valence-electron chi connectivity index (χ0n) is 15.3. The third kappa shape index (κ3) is 4.38. The van der Waals surface area contributed by atoms with E-state index < -0.39 is 36.0 Å². The van der Waals surface area contributed by atoms with E-state index in [-0.39, 0.29) is 13.0 Å². The molecule has 1 heterocycles. The highest BCUT2D eigenvalue weighted by molar-refractivity contribution is 6.06. The minimum absolute atomic E-state index is 0.0917. The number of hydrogen-bond donors (Lipinski definition) is 2. The van der Waals surface area contributed by atoms with E-state index in [1.54, 1.807) is 19.9 Å². The number of ether oxygens (including phenoxy) is 1. The van der Waals surface area contributed by atoms with Gasteiger partial charge in [-0.15, -0.1) is 0 Å². The van der Waals surface area contributed by atoms with E-state index in [2.05, 4.69) is 10.6 Å². The summed E-state index contributed by atoms with van der Waals surface area (Å²) in [4.78, 5) is 48.4. The largest absolute Gasteiger partial charge is 0.456 e. The Balaban J connectivity index is 1.78. The summed E-state index contributed by atoms with van der Waals surface area (Å²) in [6.07, 6.45) is -0.175. The Hall–Kier alpha value is -2.90. The van der Waals surface area contributed by atoms with Crippen LogP contribution in [0.1, 0.15) is 31.4 Å². The number of nitrogens with zero attached hydrogens (tertiary/aromatic N) is 1. The van der Waals surface area contributed by atoms with Crippen molar-refractivity contribution >= 4 is 29.5 Å². The molecule has 1 aromatic rings. The van der Waals surface area contributed by atoms with Crippen LogP contribution in [0.3, 0.4) is 0 Å². The zero-order chi connectivity index (χ0) is 19.5. The fraction of sp³-hybridized carbons (Fsp3) is 0.444. The average molecular weight is 361 g/mol. The van der Waals surface area contributed by atoms with Crippen LogP contribution >= 0.6 is 0 Å². The molecule has 1 aliphatic rings. The molecule has 8 nitrogen and oxygen atoms in total. The summed E-state index contributed by atoms with van der Waals surface area (Å²) in [5.41, 5.74) is 1.66. The number of benzene rings is 1. The normalized spacial score (nSPS) is 15.6. The summed E-state index contributed by atoms with van der Waals surface area (Å²) >= 11 is 0. The van der Waals surface area contributed by atoms with Crippen molar-refractivity contribution in [1.82, 2.24) is 10.2 Å². The number of amides is 4. The average Bonchev–Trinajstić information content (AvgIpc) is 2.76. The monoisotopic (exact) mass is 361 g/mol. The third-order valence-corrected chi connectivity index (χ3v) is 4.23. The van der Waals surface area contributed by atoms with E-state index >= 15 is 0 Å². The second kappa shape index (κ2) is 7.55. The molecule has 1 saturated heterocycles. The van der Waals surface area contributed by atoms with Crippen molar-refractivity contribution in [3.05, 3.63) is 29.3 Å². The molecule has 26 heavy (non-hydrogen) atoms. The third-order valence-electron chi connectivity index (χ3n) is 4.23. The van der Waals surface area contributed by atoms with Gasteiger partial charge < -0.3 is 15.4 Å². The Kier molecular flexibility index (Phi) is 5.64. The number of nitrogens with one attached hydrogen (secondary N) is 2. The van der Waals surface area contributed by atoms with E-state index in [4.69, 9.17) is 4.74 Å². The van der Waals surface area contributed by atoms with Crippen LogP contribution < -0.4 is 10.6 Å². The van der Waals surface area contributed by atoms with Gasteiger partial charge >= 0.3 is 12.0 Å². The molecule has 0 saturated carbocycles. The van der Waals surface area contributed by atoms with Gasteiger partial charge in [-0.25, -0.2) is 4.79 Å². The SMILES string of the molecule is Cc1cccc(NC(=O)COC(=O)CCN2C(=O)NC(C)(C)C2=O)c1C. The maximum absolute atomic E-state index is 12.0. The molecule has 0 aliphatic carbocycles. The molecule has 2 N–H and O–H groups in total. The van der Waals surface area contributed by atoms with Crippen LogP contribution in [-0.2, 0) is 19.1 Å². The molecule has 4 amide bonds. The first-order valence-corrected chi connectivity index (χ1v) is 8.27. The summed E-state index contributed by atoms with van der Waals surface area (Å²) in [6.45, 7) is 6.47. The van der Waals surface area contributed by atoms with Crippen molar-refractivity contribution in [2.24, 2.45) is 0 Å². The lowest BCUT2D eigenvalue weighted by molar-refractivity contribution is -0.147. The Morgan fingerprint density at radius 2 is 1.92 bits per heavy atom. The van der Waals surface area contributed by atoms with Crippen molar-refractivity contribution in [2.45, 2.75) is 39.7 Å². The lowest BCUT2D eigenvalue weighted by atomic mass is 10.1. The predicted octanol–water partition coefficient (Wildman–Crippen LogP) is 1.51. The van der Waals surface area contributed by atoms with Gasteiger partial charge in [0.25, 0.3) is 11.8 Å². The molecular formula is C18H23N3O5.